The third kappa shape index (κ3) is 3.08. The van der Waals surface area contributed by atoms with Crippen molar-refractivity contribution >= 4 is 5.91 Å². The van der Waals surface area contributed by atoms with Crippen molar-refractivity contribution in [3.63, 3.8) is 0 Å². The molecule has 20 heavy (non-hydrogen) atoms. The molecule has 2 rings (SSSR count). The van der Waals surface area contributed by atoms with Gasteiger partial charge in [-0.3, -0.25) is 4.79 Å². The molecular weight excluding hydrogens is 246 g/mol. The van der Waals surface area contributed by atoms with Gasteiger partial charge in [0.2, 0.25) is 0 Å². The lowest BCUT2D eigenvalue weighted by molar-refractivity contribution is 0.0939. The molecule has 0 aliphatic carbocycles. The van der Waals surface area contributed by atoms with Gasteiger partial charge >= 0.3 is 0 Å². The fraction of sp³-hybridized carbons (Fsp3) is 0.278. The Kier molecular flexibility index (Phi) is 4.23. The summed E-state index contributed by atoms with van der Waals surface area (Å²) in [5.74, 6) is -0.0121. The maximum atomic E-state index is 12.4. The Morgan fingerprint density at radius 3 is 2.40 bits per heavy atom. The zero-order valence-electron chi connectivity index (χ0n) is 12.5. The van der Waals surface area contributed by atoms with Crippen LogP contribution in [0.25, 0.3) is 0 Å². The van der Waals surface area contributed by atoms with Gasteiger partial charge in [0.15, 0.2) is 0 Å². The van der Waals surface area contributed by atoms with Crippen molar-refractivity contribution in [1.82, 2.24) is 5.32 Å². The summed E-state index contributed by atoms with van der Waals surface area (Å²) in [5, 5.41) is 3.08. The molecule has 1 amide bonds. The van der Waals surface area contributed by atoms with E-state index in [1.165, 1.54) is 5.56 Å². The Hall–Kier alpha value is -2.09. The van der Waals surface area contributed by atoms with E-state index in [0.717, 1.165) is 22.3 Å². The molecule has 0 aliphatic heterocycles. The lowest BCUT2D eigenvalue weighted by atomic mass is 10.0. The Labute approximate surface area is 120 Å². The average Bonchev–Trinajstić information content (AvgIpc) is 2.41. The van der Waals surface area contributed by atoms with Gasteiger partial charge in [-0.25, -0.2) is 0 Å². The maximum absolute atomic E-state index is 12.4. The van der Waals surface area contributed by atoms with E-state index in [1.807, 2.05) is 51.1 Å². The number of carbonyl (C=O) groups excluding carboxylic acids is 1. The first kappa shape index (κ1) is 14.3. The minimum atomic E-state index is -0.0121. The molecule has 0 aliphatic rings. The smallest absolute Gasteiger partial charge is 0.252 e. The summed E-state index contributed by atoms with van der Waals surface area (Å²) < 4.78 is 0. The van der Waals surface area contributed by atoms with E-state index in [2.05, 4.69) is 24.4 Å². The van der Waals surface area contributed by atoms with Gasteiger partial charge in [-0.2, -0.15) is 0 Å². The quantitative estimate of drug-likeness (QED) is 0.891. The van der Waals surface area contributed by atoms with Gasteiger partial charge in [0.1, 0.15) is 0 Å². The second-order valence-electron chi connectivity index (χ2n) is 5.37. The Morgan fingerprint density at radius 1 is 1.00 bits per heavy atom. The van der Waals surface area contributed by atoms with E-state index in [1.54, 1.807) is 0 Å². The summed E-state index contributed by atoms with van der Waals surface area (Å²) in [6.07, 6.45) is 0. The number of rotatable bonds is 3. The van der Waals surface area contributed by atoms with Gasteiger partial charge in [-0.05, 0) is 50.5 Å². The number of aryl methyl sites for hydroxylation is 3. The number of benzene rings is 2. The molecular formula is C18H21NO. The van der Waals surface area contributed by atoms with Crippen molar-refractivity contribution in [2.24, 2.45) is 0 Å². The zero-order chi connectivity index (χ0) is 14.7. The molecule has 2 heteroatoms. The highest BCUT2D eigenvalue weighted by Gasteiger charge is 2.14. The van der Waals surface area contributed by atoms with Crippen LogP contribution in [0.4, 0.5) is 0 Å². The number of amides is 1. The van der Waals surface area contributed by atoms with Gasteiger partial charge in [-0.1, -0.05) is 42.0 Å². The summed E-state index contributed by atoms with van der Waals surface area (Å²) >= 11 is 0. The number of hydrogen-bond acceptors (Lipinski definition) is 1. The van der Waals surface area contributed by atoms with Crippen LogP contribution in [0.2, 0.25) is 0 Å². The number of hydrogen-bond donors (Lipinski definition) is 1. The lowest BCUT2D eigenvalue weighted by Crippen LogP contribution is -2.27. The molecule has 104 valence electrons. The predicted molar refractivity (Wildman–Crippen MR) is 83.0 cm³/mol. The summed E-state index contributed by atoms with van der Waals surface area (Å²) in [4.78, 5) is 12.4. The van der Waals surface area contributed by atoms with Crippen molar-refractivity contribution in [3.8, 4) is 0 Å². The molecule has 0 heterocycles. The fourth-order valence-corrected chi connectivity index (χ4v) is 2.41. The molecule has 0 radical (unpaired) electrons. The molecule has 2 nitrogen and oxygen atoms in total. The van der Waals surface area contributed by atoms with E-state index in [9.17, 15) is 4.79 Å². The van der Waals surface area contributed by atoms with Crippen LogP contribution in [0.1, 0.15) is 45.6 Å². The summed E-state index contributed by atoms with van der Waals surface area (Å²) in [7, 11) is 0. The molecule has 2 aromatic carbocycles. The molecule has 1 N–H and O–H groups in total. The largest absolute Gasteiger partial charge is 0.345 e. The summed E-state index contributed by atoms with van der Waals surface area (Å²) in [6.45, 7) is 8.05. The van der Waals surface area contributed by atoms with Crippen molar-refractivity contribution < 1.29 is 4.79 Å². The SMILES string of the molecule is Cc1ccc(C)c(C(=O)N[C@@H](C)c2ccccc2C)c1. The molecule has 0 saturated carbocycles. The molecule has 0 saturated heterocycles. The first-order chi connectivity index (χ1) is 9.49. The Bertz CT molecular complexity index is 631. The van der Waals surface area contributed by atoms with Gasteiger partial charge in [0.25, 0.3) is 5.91 Å². The standard InChI is InChI=1S/C18H21NO/c1-12-9-10-14(3)17(11-12)18(20)19-15(4)16-8-6-5-7-13(16)2/h5-11,15H,1-4H3,(H,19,20)/t15-/m0/s1. The third-order valence-corrected chi connectivity index (χ3v) is 3.64. The monoisotopic (exact) mass is 267 g/mol. The molecule has 0 fully saturated rings. The van der Waals surface area contributed by atoms with E-state index in [-0.39, 0.29) is 11.9 Å². The average molecular weight is 267 g/mol. The molecule has 0 unspecified atom stereocenters. The lowest BCUT2D eigenvalue weighted by Gasteiger charge is -2.17. The van der Waals surface area contributed by atoms with Crippen LogP contribution in [-0.2, 0) is 0 Å². The van der Waals surface area contributed by atoms with Crippen LogP contribution in [0.15, 0.2) is 42.5 Å². The van der Waals surface area contributed by atoms with E-state index < -0.39 is 0 Å². The van der Waals surface area contributed by atoms with Crippen LogP contribution < -0.4 is 5.32 Å². The van der Waals surface area contributed by atoms with Crippen LogP contribution in [-0.4, -0.2) is 5.91 Å². The first-order valence-electron chi connectivity index (χ1n) is 6.92. The van der Waals surface area contributed by atoms with Gasteiger partial charge in [0.05, 0.1) is 6.04 Å². The van der Waals surface area contributed by atoms with E-state index in [4.69, 9.17) is 0 Å². The Morgan fingerprint density at radius 2 is 1.70 bits per heavy atom. The maximum Gasteiger partial charge on any atom is 0.252 e. The molecule has 0 aromatic heterocycles. The zero-order valence-corrected chi connectivity index (χ0v) is 12.5. The topological polar surface area (TPSA) is 29.1 Å². The van der Waals surface area contributed by atoms with Crippen molar-refractivity contribution in [1.29, 1.82) is 0 Å². The van der Waals surface area contributed by atoms with Crippen LogP contribution in [0, 0.1) is 20.8 Å². The van der Waals surface area contributed by atoms with E-state index in [0.29, 0.717) is 0 Å². The van der Waals surface area contributed by atoms with Crippen molar-refractivity contribution in [3.05, 3.63) is 70.3 Å². The third-order valence-electron chi connectivity index (χ3n) is 3.64. The van der Waals surface area contributed by atoms with Crippen LogP contribution >= 0.6 is 0 Å². The molecule has 2 aromatic rings. The Balaban J connectivity index is 2.20. The van der Waals surface area contributed by atoms with Gasteiger partial charge in [-0.15, -0.1) is 0 Å². The minimum absolute atomic E-state index is 0.00334. The number of carbonyl (C=O) groups is 1. The summed E-state index contributed by atoms with van der Waals surface area (Å²) in [5.41, 5.74) is 5.22. The second-order valence-corrected chi connectivity index (χ2v) is 5.37. The first-order valence-corrected chi connectivity index (χ1v) is 6.92. The van der Waals surface area contributed by atoms with Crippen molar-refractivity contribution in [2.45, 2.75) is 33.7 Å². The fourth-order valence-electron chi connectivity index (χ4n) is 2.41. The van der Waals surface area contributed by atoms with Crippen LogP contribution in [0.3, 0.4) is 0 Å². The van der Waals surface area contributed by atoms with E-state index >= 15 is 0 Å². The van der Waals surface area contributed by atoms with Gasteiger partial charge in [0, 0.05) is 5.56 Å². The highest BCUT2D eigenvalue weighted by atomic mass is 16.1. The molecule has 0 spiro atoms. The highest BCUT2D eigenvalue weighted by molar-refractivity contribution is 5.96. The van der Waals surface area contributed by atoms with Crippen molar-refractivity contribution in [2.75, 3.05) is 0 Å². The summed E-state index contributed by atoms with van der Waals surface area (Å²) in [6, 6.07) is 14.1. The predicted octanol–water partition coefficient (Wildman–Crippen LogP) is 4.10. The molecule has 0 bridgehead atoms. The normalized spacial score (nSPS) is 12.0. The van der Waals surface area contributed by atoms with Crippen LogP contribution in [0.5, 0.6) is 0 Å². The van der Waals surface area contributed by atoms with Gasteiger partial charge < -0.3 is 5.32 Å². The molecule has 1 atom stereocenters. The second kappa shape index (κ2) is 5.91. The minimum Gasteiger partial charge on any atom is -0.345 e. The number of nitrogens with one attached hydrogen (secondary N) is 1. The highest BCUT2D eigenvalue weighted by Crippen LogP contribution is 2.18.